The number of nitrogens with zero attached hydrogens (tertiary/aromatic N) is 1. The molecule has 1 aliphatic heterocycles. The lowest BCUT2D eigenvalue weighted by atomic mass is 10.0. The van der Waals surface area contributed by atoms with E-state index < -0.39 is 0 Å². The lowest BCUT2D eigenvalue weighted by molar-refractivity contribution is 0.373. The Labute approximate surface area is 149 Å². The summed E-state index contributed by atoms with van der Waals surface area (Å²) in [6.45, 7) is 0.382. The Morgan fingerprint density at radius 2 is 1.52 bits per heavy atom. The van der Waals surface area contributed by atoms with Crippen LogP contribution in [0.3, 0.4) is 0 Å². The molecule has 0 bridgehead atoms. The molecule has 0 fully saturated rings. The molecule has 0 atom stereocenters. The summed E-state index contributed by atoms with van der Waals surface area (Å²) in [5.41, 5.74) is 4.33. The predicted octanol–water partition coefficient (Wildman–Crippen LogP) is 4.93. The van der Waals surface area contributed by atoms with Crippen LogP contribution in [-0.4, -0.2) is 22.5 Å². The maximum atomic E-state index is 9.64. The Morgan fingerprint density at radius 3 is 2.28 bits per heavy atom. The molecule has 0 saturated carbocycles. The summed E-state index contributed by atoms with van der Waals surface area (Å²) >= 11 is 5.96. The molecular formula is C20H14ClNO3. The molecule has 3 aromatic carbocycles. The summed E-state index contributed by atoms with van der Waals surface area (Å²) in [4.78, 5) is 4.64. The first-order valence-electron chi connectivity index (χ1n) is 7.73. The van der Waals surface area contributed by atoms with E-state index in [2.05, 4.69) is 4.99 Å². The fourth-order valence-electron chi connectivity index (χ4n) is 2.73. The normalized spacial score (nSPS) is 12.9. The van der Waals surface area contributed by atoms with Gasteiger partial charge in [0.15, 0.2) is 11.5 Å². The SMILES string of the molecule is Oc1ccc(-c2ccc(C3=Nc4ccc(Cl)cc4OC3)cc2)cc1O. The van der Waals surface area contributed by atoms with Gasteiger partial charge in [-0.25, -0.2) is 4.99 Å². The molecule has 124 valence electrons. The van der Waals surface area contributed by atoms with Gasteiger partial charge < -0.3 is 14.9 Å². The number of phenolic OH excluding ortho intramolecular Hbond substituents is 2. The van der Waals surface area contributed by atoms with Crippen LogP contribution in [0.1, 0.15) is 5.56 Å². The predicted molar refractivity (Wildman–Crippen MR) is 98.4 cm³/mol. The topological polar surface area (TPSA) is 62.1 Å². The fraction of sp³-hybridized carbons (Fsp3) is 0.0500. The highest BCUT2D eigenvalue weighted by atomic mass is 35.5. The van der Waals surface area contributed by atoms with E-state index in [0.29, 0.717) is 17.4 Å². The molecule has 25 heavy (non-hydrogen) atoms. The summed E-state index contributed by atoms with van der Waals surface area (Å²) in [6, 6.07) is 18.0. The van der Waals surface area contributed by atoms with Crippen molar-refractivity contribution in [3.63, 3.8) is 0 Å². The van der Waals surface area contributed by atoms with Crippen LogP contribution >= 0.6 is 11.6 Å². The van der Waals surface area contributed by atoms with Crippen molar-refractivity contribution in [1.82, 2.24) is 0 Å². The van der Waals surface area contributed by atoms with Crippen LogP contribution < -0.4 is 4.74 Å². The van der Waals surface area contributed by atoms with Gasteiger partial charge in [-0.05, 0) is 41.0 Å². The quantitative estimate of drug-likeness (QED) is 0.643. The van der Waals surface area contributed by atoms with Gasteiger partial charge in [0.05, 0.1) is 5.71 Å². The first-order chi connectivity index (χ1) is 12.1. The van der Waals surface area contributed by atoms with Gasteiger partial charge in [-0.2, -0.15) is 0 Å². The number of ether oxygens (including phenoxy) is 1. The number of aromatic hydroxyl groups is 2. The molecule has 4 nitrogen and oxygen atoms in total. The molecule has 3 aromatic rings. The van der Waals surface area contributed by atoms with Crippen LogP contribution in [0.5, 0.6) is 17.2 Å². The highest BCUT2D eigenvalue weighted by molar-refractivity contribution is 6.30. The molecule has 4 rings (SSSR count). The van der Waals surface area contributed by atoms with Crippen LogP contribution in [-0.2, 0) is 0 Å². The van der Waals surface area contributed by atoms with E-state index in [1.807, 2.05) is 30.3 Å². The standard InChI is InChI=1S/C20H14ClNO3/c21-15-6-7-16-20(10-15)25-11-17(22-16)13-3-1-12(2-4-13)14-5-8-18(23)19(24)9-14/h1-10,23-24H,11H2. The van der Waals surface area contributed by atoms with Gasteiger partial charge in [-0.15, -0.1) is 0 Å². The van der Waals surface area contributed by atoms with Crippen LogP contribution in [0.4, 0.5) is 5.69 Å². The summed E-state index contributed by atoms with van der Waals surface area (Å²) in [7, 11) is 0. The highest BCUT2D eigenvalue weighted by Gasteiger charge is 2.15. The van der Waals surface area contributed by atoms with E-state index in [-0.39, 0.29) is 11.5 Å². The Balaban J connectivity index is 1.64. The molecule has 1 aliphatic rings. The summed E-state index contributed by atoms with van der Waals surface area (Å²) in [5, 5.41) is 19.7. The molecule has 2 N–H and O–H groups in total. The fourth-order valence-corrected chi connectivity index (χ4v) is 2.89. The minimum atomic E-state index is -0.137. The number of fused-ring (bicyclic) bond motifs is 1. The summed E-state index contributed by atoms with van der Waals surface area (Å²) in [6.07, 6.45) is 0. The average molecular weight is 352 g/mol. The average Bonchev–Trinajstić information content (AvgIpc) is 2.64. The molecule has 0 radical (unpaired) electrons. The zero-order valence-corrected chi connectivity index (χ0v) is 13.9. The molecular weight excluding hydrogens is 338 g/mol. The number of rotatable bonds is 2. The van der Waals surface area contributed by atoms with E-state index in [1.165, 1.54) is 12.1 Å². The van der Waals surface area contributed by atoms with Crippen molar-refractivity contribution < 1.29 is 14.9 Å². The van der Waals surface area contributed by atoms with Crippen LogP contribution in [0.2, 0.25) is 5.02 Å². The van der Waals surface area contributed by atoms with Gasteiger partial charge in [0.1, 0.15) is 18.0 Å². The number of aliphatic imine (C=N–C) groups is 1. The maximum Gasteiger partial charge on any atom is 0.158 e. The molecule has 1 heterocycles. The molecule has 0 saturated heterocycles. The van der Waals surface area contributed by atoms with Crippen molar-refractivity contribution >= 4 is 23.0 Å². The number of hydrogen-bond donors (Lipinski definition) is 2. The van der Waals surface area contributed by atoms with Gasteiger partial charge in [-0.3, -0.25) is 0 Å². The van der Waals surface area contributed by atoms with E-state index in [1.54, 1.807) is 18.2 Å². The van der Waals surface area contributed by atoms with Gasteiger partial charge in [0.2, 0.25) is 0 Å². The lowest BCUT2D eigenvalue weighted by Crippen LogP contribution is -2.16. The van der Waals surface area contributed by atoms with Gasteiger partial charge in [0, 0.05) is 11.1 Å². The zero-order chi connectivity index (χ0) is 17.4. The number of phenols is 2. The van der Waals surface area contributed by atoms with E-state index in [9.17, 15) is 10.2 Å². The Bertz CT molecular complexity index is 981. The molecule has 0 spiro atoms. The second-order valence-corrected chi connectivity index (χ2v) is 6.18. The van der Waals surface area contributed by atoms with E-state index >= 15 is 0 Å². The third-order valence-electron chi connectivity index (χ3n) is 4.07. The largest absolute Gasteiger partial charge is 0.504 e. The molecule has 5 heteroatoms. The molecule has 0 unspecified atom stereocenters. The second kappa shape index (κ2) is 6.15. The van der Waals surface area contributed by atoms with Crippen LogP contribution in [0.25, 0.3) is 11.1 Å². The molecule has 0 aliphatic carbocycles. The highest BCUT2D eigenvalue weighted by Crippen LogP contribution is 2.34. The second-order valence-electron chi connectivity index (χ2n) is 5.74. The summed E-state index contributed by atoms with van der Waals surface area (Å²) in [5.74, 6) is 0.419. The minimum absolute atomic E-state index is 0.132. The monoisotopic (exact) mass is 351 g/mol. The molecule has 0 aromatic heterocycles. The number of halogens is 1. The Hall–Kier alpha value is -2.98. The summed E-state index contributed by atoms with van der Waals surface area (Å²) < 4.78 is 5.74. The zero-order valence-electron chi connectivity index (χ0n) is 13.1. The Kier molecular flexibility index (Phi) is 3.82. The maximum absolute atomic E-state index is 9.64. The lowest BCUT2D eigenvalue weighted by Gasteiger charge is -2.17. The van der Waals surface area contributed by atoms with Crippen molar-refractivity contribution in [2.24, 2.45) is 4.99 Å². The van der Waals surface area contributed by atoms with Crippen molar-refractivity contribution in [1.29, 1.82) is 0 Å². The number of benzene rings is 3. The smallest absolute Gasteiger partial charge is 0.158 e. The third-order valence-corrected chi connectivity index (χ3v) is 4.30. The van der Waals surface area contributed by atoms with Gasteiger partial charge >= 0.3 is 0 Å². The third kappa shape index (κ3) is 3.04. The van der Waals surface area contributed by atoms with E-state index in [0.717, 1.165) is 28.1 Å². The molecule has 0 amide bonds. The number of hydrogen-bond acceptors (Lipinski definition) is 4. The Morgan fingerprint density at radius 1 is 0.800 bits per heavy atom. The minimum Gasteiger partial charge on any atom is -0.504 e. The van der Waals surface area contributed by atoms with Gasteiger partial charge in [-0.1, -0.05) is 41.9 Å². The first kappa shape index (κ1) is 15.5. The van der Waals surface area contributed by atoms with Crippen LogP contribution in [0, 0.1) is 0 Å². The first-order valence-corrected chi connectivity index (χ1v) is 8.11. The van der Waals surface area contributed by atoms with E-state index in [4.69, 9.17) is 16.3 Å². The van der Waals surface area contributed by atoms with Crippen molar-refractivity contribution in [3.8, 4) is 28.4 Å². The van der Waals surface area contributed by atoms with Gasteiger partial charge in [0.25, 0.3) is 0 Å². The van der Waals surface area contributed by atoms with Crippen molar-refractivity contribution in [3.05, 3.63) is 71.2 Å². The van der Waals surface area contributed by atoms with Crippen molar-refractivity contribution in [2.75, 3.05) is 6.61 Å². The van der Waals surface area contributed by atoms with Crippen LogP contribution in [0.15, 0.2) is 65.7 Å². The van der Waals surface area contributed by atoms with Crippen molar-refractivity contribution in [2.45, 2.75) is 0 Å².